The second-order valence-corrected chi connectivity index (χ2v) is 6.29. The van der Waals surface area contributed by atoms with Crippen molar-refractivity contribution in [2.24, 2.45) is 5.73 Å². The molecule has 0 saturated carbocycles. The lowest BCUT2D eigenvalue weighted by molar-refractivity contribution is -0.123. The first-order valence-electron chi connectivity index (χ1n) is 7.74. The Morgan fingerprint density at radius 3 is 2.59 bits per heavy atom. The van der Waals surface area contributed by atoms with Crippen LogP contribution < -0.4 is 15.8 Å². The molecule has 9 heteroatoms. The molecular weight excluding hydrogens is 395 g/mol. The number of esters is 1. The number of carbonyl (C=O) groups excluding carboxylic acids is 3. The first-order chi connectivity index (χ1) is 12.8. The normalized spacial score (nSPS) is 11.4. The molecule has 1 atom stereocenters. The zero-order valence-electron chi connectivity index (χ0n) is 14.2. The van der Waals surface area contributed by atoms with Crippen molar-refractivity contribution in [3.05, 3.63) is 58.1 Å². The van der Waals surface area contributed by atoms with Gasteiger partial charge in [-0.05, 0) is 43.3 Å². The highest BCUT2D eigenvalue weighted by molar-refractivity contribution is 6.35. The molecule has 0 saturated heterocycles. The molecule has 0 spiro atoms. The second-order valence-electron chi connectivity index (χ2n) is 5.44. The number of carbonyl (C=O) groups is 3. The van der Waals surface area contributed by atoms with Crippen LogP contribution in [0, 0.1) is 0 Å². The van der Waals surface area contributed by atoms with Crippen molar-refractivity contribution in [1.82, 2.24) is 0 Å². The summed E-state index contributed by atoms with van der Waals surface area (Å²) in [5.74, 6) is -1.69. The number of primary amides is 1. The smallest absolute Gasteiger partial charge is 0.339 e. The van der Waals surface area contributed by atoms with E-state index in [2.05, 4.69) is 5.32 Å². The van der Waals surface area contributed by atoms with Gasteiger partial charge in [0.05, 0.1) is 16.3 Å². The minimum absolute atomic E-state index is 0.150. The highest BCUT2D eigenvalue weighted by Gasteiger charge is 2.20. The second kappa shape index (κ2) is 9.25. The van der Waals surface area contributed by atoms with Crippen LogP contribution in [0.1, 0.15) is 17.3 Å². The topological polar surface area (TPSA) is 108 Å². The molecule has 0 heterocycles. The van der Waals surface area contributed by atoms with E-state index in [1.54, 1.807) is 18.2 Å². The predicted molar refractivity (Wildman–Crippen MR) is 101 cm³/mol. The van der Waals surface area contributed by atoms with E-state index in [0.29, 0.717) is 15.7 Å². The molecule has 0 fully saturated rings. The van der Waals surface area contributed by atoms with Gasteiger partial charge in [0.2, 0.25) is 0 Å². The number of amides is 2. The SMILES string of the molecule is C[C@H](OC(=O)c1cccc(OCC(N)=O)c1)C(=O)Nc1cc(Cl)ccc1Cl. The summed E-state index contributed by atoms with van der Waals surface area (Å²) in [6.07, 6.45) is -1.09. The van der Waals surface area contributed by atoms with E-state index in [9.17, 15) is 14.4 Å². The van der Waals surface area contributed by atoms with Gasteiger partial charge in [0.1, 0.15) is 5.75 Å². The Balaban J connectivity index is 2.00. The Hall–Kier alpha value is -2.77. The summed E-state index contributed by atoms with van der Waals surface area (Å²) < 4.78 is 10.3. The van der Waals surface area contributed by atoms with Gasteiger partial charge in [-0.1, -0.05) is 29.3 Å². The summed E-state index contributed by atoms with van der Waals surface area (Å²) in [6.45, 7) is 1.09. The predicted octanol–water partition coefficient (Wildman–Crippen LogP) is 3.04. The van der Waals surface area contributed by atoms with Crippen LogP contribution in [0.3, 0.4) is 0 Å². The number of halogens is 2. The molecule has 2 rings (SSSR count). The number of nitrogens with one attached hydrogen (secondary N) is 1. The molecule has 7 nitrogen and oxygen atoms in total. The van der Waals surface area contributed by atoms with Gasteiger partial charge in [-0.3, -0.25) is 9.59 Å². The summed E-state index contributed by atoms with van der Waals surface area (Å²) >= 11 is 11.9. The standard InChI is InChI=1S/C18H16Cl2N2O5/c1-10(17(24)22-15-8-12(19)5-6-14(15)20)27-18(25)11-3-2-4-13(7-11)26-9-16(21)23/h2-8,10H,9H2,1H3,(H2,21,23)(H,22,24)/t10-/m0/s1. The Morgan fingerprint density at radius 1 is 1.15 bits per heavy atom. The molecule has 2 aromatic carbocycles. The van der Waals surface area contributed by atoms with Crippen molar-refractivity contribution in [1.29, 1.82) is 0 Å². The summed E-state index contributed by atoms with van der Waals surface area (Å²) in [5.41, 5.74) is 5.46. The lowest BCUT2D eigenvalue weighted by Crippen LogP contribution is -2.30. The molecule has 3 N–H and O–H groups in total. The van der Waals surface area contributed by atoms with Gasteiger partial charge in [-0.25, -0.2) is 4.79 Å². The third-order valence-electron chi connectivity index (χ3n) is 3.29. The molecule has 27 heavy (non-hydrogen) atoms. The van der Waals surface area contributed by atoms with Crippen LogP contribution in [0.4, 0.5) is 5.69 Å². The molecule has 0 bridgehead atoms. The molecule has 0 aliphatic rings. The Bertz CT molecular complexity index is 873. The monoisotopic (exact) mass is 410 g/mol. The lowest BCUT2D eigenvalue weighted by Gasteiger charge is -2.15. The zero-order chi connectivity index (χ0) is 20.0. The highest BCUT2D eigenvalue weighted by atomic mass is 35.5. The van der Waals surface area contributed by atoms with Gasteiger partial charge in [0.15, 0.2) is 12.7 Å². The first-order valence-corrected chi connectivity index (χ1v) is 8.50. The number of rotatable bonds is 7. The van der Waals surface area contributed by atoms with Crippen LogP contribution in [0.5, 0.6) is 5.75 Å². The number of ether oxygens (including phenoxy) is 2. The molecule has 0 aliphatic heterocycles. The van der Waals surface area contributed by atoms with Gasteiger partial charge in [-0.2, -0.15) is 0 Å². The molecule has 142 valence electrons. The van der Waals surface area contributed by atoms with E-state index in [1.807, 2.05) is 0 Å². The fourth-order valence-corrected chi connectivity index (χ4v) is 2.31. The molecule has 0 aliphatic carbocycles. The van der Waals surface area contributed by atoms with Crippen LogP contribution in [0.2, 0.25) is 10.0 Å². The maximum absolute atomic E-state index is 12.2. The van der Waals surface area contributed by atoms with E-state index in [4.69, 9.17) is 38.4 Å². The van der Waals surface area contributed by atoms with E-state index in [1.165, 1.54) is 31.2 Å². The summed E-state index contributed by atoms with van der Waals surface area (Å²) in [5, 5.41) is 3.24. The van der Waals surface area contributed by atoms with Gasteiger partial charge >= 0.3 is 5.97 Å². The maximum Gasteiger partial charge on any atom is 0.339 e. The quantitative estimate of drug-likeness (QED) is 0.681. The number of hydrogen-bond donors (Lipinski definition) is 2. The van der Waals surface area contributed by atoms with Crippen LogP contribution in [-0.2, 0) is 14.3 Å². The van der Waals surface area contributed by atoms with Crippen molar-refractivity contribution >= 4 is 46.7 Å². The largest absolute Gasteiger partial charge is 0.484 e. The minimum Gasteiger partial charge on any atom is -0.484 e. The van der Waals surface area contributed by atoms with Crippen molar-refractivity contribution in [3.8, 4) is 5.75 Å². The minimum atomic E-state index is -1.09. The van der Waals surface area contributed by atoms with Crippen molar-refractivity contribution in [3.63, 3.8) is 0 Å². The average molecular weight is 411 g/mol. The molecule has 0 radical (unpaired) electrons. The highest BCUT2D eigenvalue weighted by Crippen LogP contribution is 2.25. The van der Waals surface area contributed by atoms with Gasteiger partial charge in [0, 0.05) is 5.02 Å². The molecule has 0 unspecified atom stereocenters. The fourth-order valence-electron chi connectivity index (χ4n) is 1.98. The van der Waals surface area contributed by atoms with E-state index >= 15 is 0 Å². The third-order valence-corrected chi connectivity index (χ3v) is 3.85. The van der Waals surface area contributed by atoms with Crippen LogP contribution in [-0.4, -0.2) is 30.5 Å². The van der Waals surface area contributed by atoms with Crippen molar-refractivity contribution in [2.45, 2.75) is 13.0 Å². The average Bonchev–Trinajstić information content (AvgIpc) is 2.63. The van der Waals surface area contributed by atoms with Gasteiger partial charge in [0.25, 0.3) is 11.8 Å². The first kappa shape index (κ1) is 20.5. The summed E-state index contributed by atoms with van der Waals surface area (Å²) in [4.78, 5) is 35.2. The molecule has 2 amide bonds. The van der Waals surface area contributed by atoms with E-state index in [-0.39, 0.29) is 17.9 Å². The van der Waals surface area contributed by atoms with Gasteiger partial charge in [-0.15, -0.1) is 0 Å². The Labute approximate surface area is 165 Å². The van der Waals surface area contributed by atoms with Crippen LogP contribution >= 0.6 is 23.2 Å². The summed E-state index contributed by atoms with van der Waals surface area (Å²) in [7, 11) is 0. The maximum atomic E-state index is 12.2. The van der Waals surface area contributed by atoms with Crippen molar-refractivity contribution in [2.75, 3.05) is 11.9 Å². The third kappa shape index (κ3) is 6.16. The molecule has 0 aromatic heterocycles. The fraction of sp³-hybridized carbons (Fsp3) is 0.167. The van der Waals surface area contributed by atoms with Crippen LogP contribution in [0.15, 0.2) is 42.5 Å². The summed E-state index contributed by atoms with van der Waals surface area (Å²) in [6, 6.07) is 10.6. The van der Waals surface area contributed by atoms with Crippen molar-refractivity contribution < 1.29 is 23.9 Å². The number of anilines is 1. The van der Waals surface area contributed by atoms with E-state index < -0.39 is 23.9 Å². The Kier molecular flexibility index (Phi) is 7.04. The van der Waals surface area contributed by atoms with E-state index in [0.717, 1.165) is 0 Å². The van der Waals surface area contributed by atoms with Crippen LogP contribution in [0.25, 0.3) is 0 Å². The zero-order valence-corrected chi connectivity index (χ0v) is 15.7. The molecule has 2 aromatic rings. The van der Waals surface area contributed by atoms with Gasteiger partial charge < -0.3 is 20.5 Å². The number of benzene rings is 2. The molecular formula is C18H16Cl2N2O5. The Morgan fingerprint density at radius 2 is 1.89 bits per heavy atom. The number of nitrogens with two attached hydrogens (primary N) is 1. The number of hydrogen-bond acceptors (Lipinski definition) is 5. The lowest BCUT2D eigenvalue weighted by atomic mass is 10.2.